The van der Waals surface area contributed by atoms with Crippen molar-refractivity contribution < 1.29 is 0 Å². The molecule has 4 nitrogen and oxygen atoms in total. The third kappa shape index (κ3) is 6.26. The fourth-order valence-corrected chi connectivity index (χ4v) is 32.0. The third-order valence-corrected chi connectivity index (χ3v) is 29.5. The summed E-state index contributed by atoms with van der Waals surface area (Å²) in [7, 11) is -2.93. The molecule has 0 aromatic heterocycles. The Hall–Kier alpha value is -2.23. The number of benzene rings is 3. The lowest BCUT2D eigenvalue weighted by atomic mass is 9.96. The Labute approximate surface area is 284 Å². The zero-order chi connectivity index (χ0) is 33.2. The van der Waals surface area contributed by atoms with Crippen molar-refractivity contribution >= 4 is 57.7 Å². The van der Waals surface area contributed by atoms with E-state index in [1.165, 1.54) is 27.9 Å². The maximum atomic E-state index is 5.01. The predicted molar refractivity (Wildman–Crippen MR) is 207 cm³/mol. The lowest BCUT2D eigenvalue weighted by Gasteiger charge is -2.58. The standard InChI is InChI=1S/C38H57BrN4Si2/c1-35(2,3)26-40-31-22-16-17-23-32(31)41(27-36(4,5)6)44(40,30-20-14-13-15-21-30)45(39)42(28-37(7,8)9)33-24-18-19-25-34(33)43(45)29-38(10,11)12/h13-25H,26-29H2,1-12H3. The van der Waals surface area contributed by atoms with Crippen LogP contribution in [0.1, 0.15) is 83.1 Å². The van der Waals surface area contributed by atoms with Crippen molar-refractivity contribution in [3.63, 3.8) is 0 Å². The fourth-order valence-electron chi connectivity index (χ4n) is 7.36. The minimum absolute atomic E-state index is 0.0881. The molecule has 0 amide bonds. The Kier molecular flexibility index (Phi) is 8.70. The van der Waals surface area contributed by atoms with Crippen LogP contribution in [0.15, 0.2) is 78.9 Å². The van der Waals surface area contributed by atoms with Gasteiger partial charge in [0.05, 0.1) is 22.7 Å². The average molecular weight is 706 g/mol. The topological polar surface area (TPSA) is 13.0 Å². The zero-order valence-electron chi connectivity index (χ0n) is 30.0. The summed E-state index contributed by atoms with van der Waals surface area (Å²) in [6.07, 6.45) is 0. The van der Waals surface area contributed by atoms with Crippen LogP contribution in [-0.4, -0.2) is 40.6 Å². The number of hydrogen-bond acceptors (Lipinski definition) is 4. The summed E-state index contributed by atoms with van der Waals surface area (Å²) in [6.45, 7) is 30.0. The molecule has 5 rings (SSSR count). The molecule has 0 aliphatic carbocycles. The smallest absolute Gasteiger partial charge is 0.374 e. The Morgan fingerprint density at radius 3 is 1.00 bits per heavy atom. The van der Waals surface area contributed by atoms with Crippen molar-refractivity contribution in [3.05, 3.63) is 78.9 Å². The van der Waals surface area contributed by atoms with Gasteiger partial charge in [-0.3, -0.25) is 0 Å². The van der Waals surface area contributed by atoms with Crippen molar-refractivity contribution in [1.29, 1.82) is 0 Å². The maximum Gasteiger partial charge on any atom is 0.375 e. The molecule has 0 saturated carbocycles. The molecule has 0 bridgehead atoms. The van der Waals surface area contributed by atoms with Crippen molar-refractivity contribution in [3.8, 4) is 0 Å². The summed E-state index contributed by atoms with van der Waals surface area (Å²) in [4.78, 5) is 0. The molecule has 0 N–H and O–H groups in total. The first-order valence-corrected chi connectivity index (χ1v) is 23.8. The molecule has 45 heavy (non-hydrogen) atoms. The van der Waals surface area contributed by atoms with E-state index in [-0.39, 0.29) is 21.7 Å². The Bertz CT molecular complexity index is 1410. The predicted octanol–water partition coefficient (Wildman–Crippen LogP) is 9.59. The number of halogens is 1. The highest BCUT2D eigenvalue weighted by Gasteiger charge is 2.76. The van der Waals surface area contributed by atoms with Gasteiger partial charge in [-0.1, -0.05) is 153 Å². The van der Waals surface area contributed by atoms with Gasteiger partial charge in [-0.05, 0) is 51.1 Å². The second-order valence-corrected chi connectivity index (χ2v) is 33.1. The second-order valence-electron chi connectivity index (χ2n) is 18.2. The molecular formula is C38H57BrN4Si2. The molecule has 2 heterocycles. The molecule has 0 saturated heterocycles. The molecule has 3 aromatic rings. The number of hydrogen-bond donors (Lipinski definition) is 0. The van der Waals surface area contributed by atoms with E-state index in [2.05, 4.69) is 180 Å². The van der Waals surface area contributed by atoms with Gasteiger partial charge in [0.1, 0.15) is 0 Å². The quantitative estimate of drug-likeness (QED) is 0.187. The number of rotatable bonds is 6. The molecule has 0 atom stereocenters. The summed E-state index contributed by atoms with van der Waals surface area (Å²) in [5.41, 5.74) is 5.91. The lowest BCUT2D eigenvalue weighted by molar-refractivity contribution is 0.420. The zero-order valence-corrected chi connectivity index (χ0v) is 33.6. The van der Waals surface area contributed by atoms with E-state index in [0.717, 1.165) is 26.2 Å². The Morgan fingerprint density at radius 1 is 0.422 bits per heavy atom. The highest BCUT2D eigenvalue weighted by Crippen LogP contribution is 2.57. The van der Waals surface area contributed by atoms with Crippen molar-refractivity contribution in [1.82, 2.24) is 0 Å². The molecule has 0 radical (unpaired) electrons. The molecule has 2 aliphatic heterocycles. The second kappa shape index (κ2) is 11.5. The van der Waals surface area contributed by atoms with Crippen molar-refractivity contribution in [2.45, 2.75) is 83.1 Å². The largest absolute Gasteiger partial charge is 0.375 e. The normalized spacial score (nSPS) is 18.0. The maximum absolute atomic E-state index is 5.01. The van der Waals surface area contributed by atoms with Gasteiger partial charge in [0.25, 0.3) is 0 Å². The minimum Gasteiger partial charge on any atom is -0.374 e. The van der Waals surface area contributed by atoms with Crippen LogP contribution < -0.4 is 23.4 Å². The summed E-state index contributed by atoms with van der Waals surface area (Å²) < 4.78 is 11.7. The summed E-state index contributed by atoms with van der Waals surface area (Å²) >= 11 is 5.01. The number of anilines is 4. The average Bonchev–Trinajstić information content (AvgIpc) is 3.29. The van der Waals surface area contributed by atoms with Gasteiger partial charge < -0.3 is 18.3 Å². The molecule has 244 valence electrons. The Morgan fingerprint density at radius 2 is 0.689 bits per heavy atom. The summed E-state index contributed by atoms with van der Waals surface area (Å²) in [5.74, 6) is 0. The highest BCUT2D eigenvalue weighted by molar-refractivity contribution is 9.28. The van der Waals surface area contributed by atoms with Crippen LogP contribution in [0.25, 0.3) is 0 Å². The highest BCUT2D eigenvalue weighted by atomic mass is 79.9. The van der Waals surface area contributed by atoms with Gasteiger partial charge in [-0.2, -0.15) is 0 Å². The van der Waals surface area contributed by atoms with Crippen LogP contribution in [0.5, 0.6) is 0 Å². The van der Waals surface area contributed by atoms with Crippen LogP contribution in [0, 0.1) is 21.7 Å². The minimum atomic E-state index is -2.93. The van der Waals surface area contributed by atoms with Gasteiger partial charge >= 0.3 is 14.4 Å². The first-order valence-electron chi connectivity index (χ1n) is 16.7. The first-order chi connectivity index (χ1) is 20.7. The third-order valence-electron chi connectivity index (χ3n) is 8.57. The van der Waals surface area contributed by atoms with E-state index < -0.39 is 14.4 Å². The van der Waals surface area contributed by atoms with E-state index >= 15 is 0 Å². The summed E-state index contributed by atoms with van der Waals surface area (Å²) in [5, 5.41) is 1.49. The fraction of sp³-hybridized carbons (Fsp3) is 0.526. The van der Waals surface area contributed by atoms with Crippen LogP contribution in [-0.2, 0) is 0 Å². The molecule has 2 aliphatic rings. The molecule has 7 heteroatoms. The number of para-hydroxylation sites is 4. The van der Waals surface area contributed by atoms with Gasteiger partial charge in [-0.15, -0.1) is 0 Å². The molecule has 0 spiro atoms. The van der Waals surface area contributed by atoms with Gasteiger partial charge in [0, 0.05) is 26.2 Å². The Balaban J connectivity index is 1.99. The molecular weight excluding hydrogens is 649 g/mol. The van der Waals surface area contributed by atoms with E-state index in [0.29, 0.717) is 0 Å². The van der Waals surface area contributed by atoms with E-state index in [9.17, 15) is 0 Å². The van der Waals surface area contributed by atoms with Crippen molar-refractivity contribution in [2.75, 3.05) is 44.4 Å². The first kappa shape index (κ1) is 34.1. The summed E-state index contributed by atoms with van der Waals surface area (Å²) in [6, 6.07) is 30.3. The van der Waals surface area contributed by atoms with E-state index in [1.54, 1.807) is 0 Å². The van der Waals surface area contributed by atoms with Crippen LogP contribution >= 0.6 is 15.3 Å². The molecule has 3 aromatic carbocycles. The van der Waals surface area contributed by atoms with Gasteiger partial charge in [0.2, 0.25) is 0 Å². The van der Waals surface area contributed by atoms with Crippen LogP contribution in [0.2, 0.25) is 0 Å². The van der Waals surface area contributed by atoms with Crippen molar-refractivity contribution in [2.24, 2.45) is 21.7 Å². The molecule has 0 unspecified atom stereocenters. The number of nitrogens with zero attached hydrogens (tertiary/aromatic N) is 4. The van der Waals surface area contributed by atoms with Gasteiger partial charge in [0.15, 0.2) is 0 Å². The van der Waals surface area contributed by atoms with E-state index in [1.807, 2.05) is 0 Å². The SMILES string of the molecule is CC(C)(C)CN1c2ccccc2N(CC(C)(C)C)[Si]1(Br)[Si]1(c2ccccc2)N(CC(C)(C)C)c2ccccc2N1CC(C)(C)C. The van der Waals surface area contributed by atoms with E-state index in [4.69, 9.17) is 15.3 Å². The van der Waals surface area contributed by atoms with Gasteiger partial charge in [-0.25, -0.2) is 0 Å². The molecule has 0 fully saturated rings. The monoisotopic (exact) mass is 704 g/mol. The number of fused-ring (bicyclic) bond motifs is 2. The van der Waals surface area contributed by atoms with Crippen LogP contribution in [0.4, 0.5) is 22.7 Å². The lowest BCUT2D eigenvalue weighted by Crippen LogP contribution is -2.92. The van der Waals surface area contributed by atoms with Crippen LogP contribution in [0.3, 0.4) is 0 Å².